The lowest BCUT2D eigenvalue weighted by molar-refractivity contribution is -0.142. The molecule has 1 fully saturated rings. The smallest absolute Gasteiger partial charge is 0.433 e. The molecular formula is C18H17F3N4OS. The molecule has 1 atom stereocenters. The van der Waals surface area contributed by atoms with Gasteiger partial charge in [0.05, 0.1) is 19.0 Å². The minimum absolute atomic E-state index is 0.0686. The summed E-state index contributed by atoms with van der Waals surface area (Å²) in [6.45, 7) is 0.803. The molecule has 0 spiro atoms. The number of halogens is 3. The highest BCUT2D eigenvalue weighted by Gasteiger charge is 2.36. The number of thioether (sulfide) groups is 1. The predicted molar refractivity (Wildman–Crippen MR) is 98.0 cm³/mol. The average Bonchev–Trinajstić information content (AvgIpc) is 3.11. The van der Waals surface area contributed by atoms with Gasteiger partial charge in [0.15, 0.2) is 11.3 Å². The van der Waals surface area contributed by atoms with Crippen LogP contribution in [0.25, 0.3) is 16.9 Å². The second-order valence-electron chi connectivity index (χ2n) is 6.17. The van der Waals surface area contributed by atoms with Gasteiger partial charge in [-0.25, -0.2) is 9.50 Å². The summed E-state index contributed by atoms with van der Waals surface area (Å²) in [7, 11) is 1.54. The number of ether oxygens (including phenoxy) is 1. The van der Waals surface area contributed by atoms with Crippen LogP contribution in [-0.4, -0.2) is 39.8 Å². The molecule has 27 heavy (non-hydrogen) atoms. The van der Waals surface area contributed by atoms with Crippen LogP contribution >= 0.6 is 11.8 Å². The van der Waals surface area contributed by atoms with Gasteiger partial charge >= 0.3 is 6.18 Å². The quantitative estimate of drug-likeness (QED) is 0.732. The van der Waals surface area contributed by atoms with Gasteiger partial charge in [0.25, 0.3) is 0 Å². The van der Waals surface area contributed by atoms with Crippen LogP contribution in [0.2, 0.25) is 0 Å². The van der Waals surface area contributed by atoms with Crippen molar-refractivity contribution in [2.75, 3.05) is 25.2 Å². The molecule has 3 heterocycles. The van der Waals surface area contributed by atoms with Gasteiger partial charge in [0, 0.05) is 35.2 Å². The van der Waals surface area contributed by atoms with Crippen molar-refractivity contribution in [2.45, 2.75) is 12.2 Å². The Morgan fingerprint density at radius 2 is 2.04 bits per heavy atom. The lowest BCUT2D eigenvalue weighted by Gasteiger charge is -2.22. The first kappa shape index (κ1) is 18.1. The molecule has 2 aromatic heterocycles. The van der Waals surface area contributed by atoms with Crippen LogP contribution in [0.4, 0.5) is 13.2 Å². The lowest BCUT2D eigenvalue weighted by Crippen LogP contribution is -2.30. The zero-order chi connectivity index (χ0) is 19.0. The second-order valence-corrected chi connectivity index (χ2v) is 7.32. The van der Waals surface area contributed by atoms with Crippen molar-refractivity contribution < 1.29 is 17.9 Å². The van der Waals surface area contributed by atoms with E-state index in [2.05, 4.69) is 15.4 Å². The molecule has 1 aromatic carbocycles. The van der Waals surface area contributed by atoms with E-state index in [1.54, 1.807) is 36.0 Å². The van der Waals surface area contributed by atoms with Gasteiger partial charge < -0.3 is 10.1 Å². The van der Waals surface area contributed by atoms with Crippen LogP contribution in [0.15, 0.2) is 36.5 Å². The number of hydrogen-bond donors (Lipinski definition) is 1. The largest absolute Gasteiger partial charge is 0.497 e. The summed E-state index contributed by atoms with van der Waals surface area (Å²) in [4.78, 5) is 4.52. The molecule has 142 valence electrons. The van der Waals surface area contributed by atoms with Crippen molar-refractivity contribution in [3.05, 3.63) is 47.8 Å². The molecule has 4 rings (SSSR count). The molecule has 0 saturated carbocycles. The molecule has 1 saturated heterocycles. The summed E-state index contributed by atoms with van der Waals surface area (Å²) >= 11 is 1.76. The summed E-state index contributed by atoms with van der Waals surface area (Å²) in [5, 5.41) is 7.32. The number of alkyl halides is 3. The number of aromatic nitrogens is 3. The molecule has 1 aliphatic rings. The van der Waals surface area contributed by atoms with Crippen LogP contribution < -0.4 is 10.1 Å². The fourth-order valence-corrected chi connectivity index (χ4v) is 4.06. The number of nitrogens with one attached hydrogen (secondary N) is 1. The van der Waals surface area contributed by atoms with Gasteiger partial charge in [0.1, 0.15) is 5.75 Å². The normalized spacial score (nSPS) is 18.0. The van der Waals surface area contributed by atoms with E-state index in [9.17, 15) is 13.2 Å². The first-order valence-corrected chi connectivity index (χ1v) is 9.54. The minimum atomic E-state index is -4.54. The van der Waals surface area contributed by atoms with Gasteiger partial charge in [-0.3, -0.25) is 0 Å². The number of hydrogen-bond acceptors (Lipinski definition) is 5. The van der Waals surface area contributed by atoms with Gasteiger partial charge in [0.2, 0.25) is 0 Å². The molecule has 0 aliphatic carbocycles. The van der Waals surface area contributed by atoms with Crippen molar-refractivity contribution in [3.63, 3.8) is 0 Å². The molecule has 1 unspecified atom stereocenters. The van der Waals surface area contributed by atoms with Gasteiger partial charge in [-0.15, -0.1) is 0 Å². The van der Waals surface area contributed by atoms with Crippen LogP contribution in [-0.2, 0) is 6.18 Å². The number of rotatable bonds is 3. The topological polar surface area (TPSA) is 51.5 Å². The second kappa shape index (κ2) is 7.05. The SMILES string of the molecule is COc1ccc(-c2cc(C(F)(F)F)n3ncc(C4CSCCN4)c3n2)cc1. The number of fused-ring (bicyclic) bond motifs is 1. The lowest BCUT2D eigenvalue weighted by atomic mass is 10.1. The van der Waals surface area contributed by atoms with Crippen LogP contribution in [0.5, 0.6) is 5.75 Å². The van der Waals surface area contributed by atoms with Crippen LogP contribution in [0, 0.1) is 0 Å². The number of methoxy groups -OCH3 is 1. The Labute approximate surface area is 157 Å². The average molecular weight is 394 g/mol. The Kier molecular flexibility index (Phi) is 4.73. The van der Waals surface area contributed by atoms with Crippen molar-refractivity contribution in [3.8, 4) is 17.0 Å². The van der Waals surface area contributed by atoms with Gasteiger partial charge in [-0.1, -0.05) is 0 Å². The van der Waals surface area contributed by atoms with E-state index in [0.717, 1.165) is 28.6 Å². The Bertz CT molecular complexity index is 950. The fraction of sp³-hybridized carbons (Fsp3) is 0.333. The van der Waals surface area contributed by atoms with Crippen molar-refractivity contribution in [1.29, 1.82) is 0 Å². The van der Waals surface area contributed by atoms with E-state index in [-0.39, 0.29) is 17.4 Å². The van der Waals surface area contributed by atoms with Crippen LogP contribution in [0.1, 0.15) is 17.3 Å². The van der Waals surface area contributed by atoms with Gasteiger partial charge in [-0.05, 0) is 30.3 Å². The third-order valence-corrected chi connectivity index (χ3v) is 5.53. The monoisotopic (exact) mass is 394 g/mol. The fourth-order valence-electron chi connectivity index (χ4n) is 3.10. The Morgan fingerprint density at radius 1 is 1.26 bits per heavy atom. The maximum absolute atomic E-state index is 13.7. The predicted octanol–water partition coefficient (Wildman–Crippen LogP) is 3.80. The highest BCUT2D eigenvalue weighted by Crippen LogP contribution is 2.34. The molecule has 1 N–H and O–H groups in total. The van der Waals surface area contributed by atoms with Gasteiger partial charge in [-0.2, -0.15) is 30.0 Å². The molecular weight excluding hydrogens is 377 g/mol. The molecule has 0 radical (unpaired) electrons. The number of nitrogens with zero attached hydrogens (tertiary/aromatic N) is 3. The summed E-state index contributed by atoms with van der Waals surface area (Å²) in [5.74, 6) is 2.38. The standard InChI is InChI=1S/C18H17F3N4OS/c1-26-12-4-2-11(3-5-12)14-8-16(18(19,20)21)25-17(24-14)13(9-23-25)15-10-27-7-6-22-15/h2-5,8-9,15,22H,6-7,10H2,1H3. The number of benzene rings is 1. The summed E-state index contributed by atoms with van der Waals surface area (Å²) in [6, 6.07) is 7.76. The molecule has 3 aromatic rings. The third kappa shape index (κ3) is 3.49. The molecule has 0 bridgehead atoms. The van der Waals surface area contributed by atoms with Crippen molar-refractivity contribution in [1.82, 2.24) is 19.9 Å². The highest BCUT2D eigenvalue weighted by atomic mass is 32.2. The summed E-state index contributed by atoms with van der Waals surface area (Å²) < 4.78 is 47.0. The van der Waals surface area contributed by atoms with Crippen molar-refractivity contribution >= 4 is 17.4 Å². The Morgan fingerprint density at radius 3 is 2.67 bits per heavy atom. The first-order valence-electron chi connectivity index (χ1n) is 8.39. The van der Waals surface area contributed by atoms with E-state index in [1.165, 1.54) is 13.3 Å². The van der Waals surface area contributed by atoms with E-state index in [4.69, 9.17) is 4.74 Å². The maximum atomic E-state index is 13.7. The van der Waals surface area contributed by atoms with Crippen molar-refractivity contribution in [2.24, 2.45) is 0 Å². The maximum Gasteiger partial charge on any atom is 0.433 e. The van der Waals surface area contributed by atoms with E-state index in [1.807, 2.05) is 0 Å². The summed E-state index contributed by atoms with van der Waals surface area (Å²) in [5.41, 5.74) is 0.913. The Hall–Kier alpha value is -2.26. The van der Waals surface area contributed by atoms with Crippen LogP contribution in [0.3, 0.4) is 0 Å². The molecule has 1 aliphatic heterocycles. The Balaban J connectivity index is 1.88. The molecule has 0 amide bonds. The third-order valence-electron chi connectivity index (χ3n) is 4.47. The molecule has 5 nitrogen and oxygen atoms in total. The first-order chi connectivity index (χ1) is 13.0. The van der Waals surface area contributed by atoms with E-state index in [0.29, 0.717) is 16.9 Å². The highest BCUT2D eigenvalue weighted by molar-refractivity contribution is 7.99. The zero-order valence-electron chi connectivity index (χ0n) is 14.5. The molecule has 9 heteroatoms. The summed E-state index contributed by atoms with van der Waals surface area (Å²) in [6.07, 6.45) is -3.06. The van der Waals surface area contributed by atoms with E-state index < -0.39 is 11.9 Å². The minimum Gasteiger partial charge on any atom is -0.497 e. The van der Waals surface area contributed by atoms with E-state index >= 15 is 0 Å². The zero-order valence-corrected chi connectivity index (χ0v) is 15.3.